The van der Waals surface area contributed by atoms with E-state index in [0.717, 1.165) is 18.7 Å². The van der Waals surface area contributed by atoms with Crippen LogP contribution in [0.25, 0.3) is 0 Å². The van der Waals surface area contributed by atoms with Crippen molar-refractivity contribution < 1.29 is 4.79 Å². The van der Waals surface area contributed by atoms with Crippen molar-refractivity contribution in [2.24, 2.45) is 11.7 Å². The van der Waals surface area contributed by atoms with Gasteiger partial charge in [0, 0.05) is 37.3 Å². The summed E-state index contributed by atoms with van der Waals surface area (Å²) in [5.41, 5.74) is 6.82. The lowest BCUT2D eigenvalue weighted by atomic mass is 9.83. The number of aromatic nitrogens is 1. The summed E-state index contributed by atoms with van der Waals surface area (Å²) in [7, 11) is 0. The Kier molecular flexibility index (Phi) is 2.93. The second-order valence-corrected chi connectivity index (χ2v) is 5.73. The zero-order valence-corrected chi connectivity index (χ0v) is 11.1. The Labute approximate surface area is 112 Å². The Balaban J connectivity index is 1.92. The first kappa shape index (κ1) is 12.4. The van der Waals surface area contributed by atoms with Crippen LogP contribution in [0.1, 0.15) is 25.0 Å². The molecule has 3 atom stereocenters. The van der Waals surface area contributed by atoms with Crippen LogP contribution in [0.15, 0.2) is 23.0 Å². The highest BCUT2D eigenvalue weighted by atomic mass is 16.2. The Bertz CT molecular complexity index is 564. The number of hydrogen-bond acceptors (Lipinski definition) is 3. The molecule has 0 aromatic carbocycles. The molecule has 5 heteroatoms. The molecule has 0 saturated carbocycles. The Morgan fingerprint density at radius 1 is 1.37 bits per heavy atom. The lowest BCUT2D eigenvalue weighted by Crippen LogP contribution is -2.52. The minimum Gasteiger partial charge on any atom is -0.340 e. The van der Waals surface area contributed by atoms with E-state index < -0.39 is 6.04 Å². The number of pyridine rings is 1. The summed E-state index contributed by atoms with van der Waals surface area (Å²) >= 11 is 0. The van der Waals surface area contributed by atoms with Gasteiger partial charge in [-0.2, -0.15) is 0 Å². The summed E-state index contributed by atoms with van der Waals surface area (Å²) < 4.78 is 1.87. The van der Waals surface area contributed by atoms with Crippen LogP contribution in [0, 0.1) is 5.92 Å². The SMILES string of the molecule is C[C@@H](N)C(=O)N1C[C@H]2C[C@H](C1)c1cccc(=O)n1C2. The molecule has 1 amide bonds. The molecule has 2 aliphatic heterocycles. The summed E-state index contributed by atoms with van der Waals surface area (Å²) in [6, 6.07) is 4.97. The Morgan fingerprint density at radius 2 is 2.16 bits per heavy atom. The number of carbonyl (C=O) groups excluding carboxylic acids is 1. The quantitative estimate of drug-likeness (QED) is 0.782. The van der Waals surface area contributed by atoms with Gasteiger partial charge in [-0.25, -0.2) is 0 Å². The number of carbonyl (C=O) groups is 1. The molecule has 1 fully saturated rings. The fourth-order valence-electron chi connectivity index (χ4n) is 3.36. The van der Waals surface area contributed by atoms with E-state index in [4.69, 9.17) is 5.73 Å². The number of piperidine rings is 1. The van der Waals surface area contributed by atoms with Crippen molar-refractivity contribution in [2.75, 3.05) is 13.1 Å². The van der Waals surface area contributed by atoms with Crippen molar-refractivity contribution in [2.45, 2.75) is 31.8 Å². The summed E-state index contributed by atoms with van der Waals surface area (Å²) in [6.45, 7) is 3.84. The van der Waals surface area contributed by atoms with E-state index >= 15 is 0 Å². The molecular formula is C14H19N3O2. The van der Waals surface area contributed by atoms with Gasteiger partial charge >= 0.3 is 0 Å². The van der Waals surface area contributed by atoms with Gasteiger partial charge in [-0.05, 0) is 25.3 Å². The van der Waals surface area contributed by atoms with Crippen LogP contribution in [0.3, 0.4) is 0 Å². The van der Waals surface area contributed by atoms with Gasteiger partial charge in [0.25, 0.3) is 5.56 Å². The highest BCUT2D eigenvalue weighted by Crippen LogP contribution is 2.34. The van der Waals surface area contributed by atoms with Crippen LogP contribution < -0.4 is 11.3 Å². The lowest BCUT2D eigenvalue weighted by Gasteiger charge is -2.43. The molecule has 102 valence electrons. The van der Waals surface area contributed by atoms with Gasteiger partial charge in [-0.1, -0.05) is 6.07 Å². The third-order valence-corrected chi connectivity index (χ3v) is 4.18. The van der Waals surface area contributed by atoms with E-state index in [-0.39, 0.29) is 17.4 Å². The van der Waals surface area contributed by atoms with Crippen molar-refractivity contribution in [3.63, 3.8) is 0 Å². The third-order valence-electron chi connectivity index (χ3n) is 4.18. The summed E-state index contributed by atoms with van der Waals surface area (Å²) in [5.74, 6) is 0.652. The van der Waals surface area contributed by atoms with Gasteiger partial charge < -0.3 is 15.2 Å². The second kappa shape index (κ2) is 4.49. The minimum atomic E-state index is -0.447. The van der Waals surface area contributed by atoms with E-state index in [2.05, 4.69) is 0 Å². The van der Waals surface area contributed by atoms with Gasteiger partial charge in [0.05, 0.1) is 6.04 Å². The van der Waals surface area contributed by atoms with Crippen LogP contribution in [0.2, 0.25) is 0 Å². The number of rotatable bonds is 1. The number of amides is 1. The van der Waals surface area contributed by atoms with Gasteiger partial charge in [0.15, 0.2) is 0 Å². The molecule has 2 N–H and O–H groups in total. The summed E-state index contributed by atoms with van der Waals surface area (Å²) in [6.07, 6.45) is 1.06. The Morgan fingerprint density at radius 3 is 2.89 bits per heavy atom. The maximum absolute atomic E-state index is 12.0. The van der Waals surface area contributed by atoms with Crippen molar-refractivity contribution in [1.29, 1.82) is 0 Å². The minimum absolute atomic E-state index is 0.0152. The molecule has 19 heavy (non-hydrogen) atoms. The molecule has 5 nitrogen and oxygen atoms in total. The van der Waals surface area contributed by atoms with Gasteiger partial charge in [-0.3, -0.25) is 9.59 Å². The maximum atomic E-state index is 12.0. The van der Waals surface area contributed by atoms with E-state index in [1.807, 2.05) is 15.5 Å². The second-order valence-electron chi connectivity index (χ2n) is 5.73. The lowest BCUT2D eigenvalue weighted by molar-refractivity contribution is -0.134. The van der Waals surface area contributed by atoms with Crippen LogP contribution in [0.5, 0.6) is 0 Å². The average Bonchev–Trinajstić information content (AvgIpc) is 2.39. The van der Waals surface area contributed by atoms with Crippen molar-refractivity contribution >= 4 is 5.91 Å². The van der Waals surface area contributed by atoms with Crippen LogP contribution >= 0.6 is 0 Å². The predicted molar refractivity (Wildman–Crippen MR) is 71.8 cm³/mol. The molecule has 3 rings (SSSR count). The first-order chi connectivity index (χ1) is 9.06. The first-order valence-corrected chi connectivity index (χ1v) is 6.80. The fraction of sp³-hybridized carbons (Fsp3) is 0.571. The monoisotopic (exact) mass is 261 g/mol. The topological polar surface area (TPSA) is 68.3 Å². The van der Waals surface area contributed by atoms with Gasteiger partial charge in [0.1, 0.15) is 0 Å². The standard InChI is InChI=1S/C14H19N3O2/c1-9(15)14(19)16-6-10-5-11(8-16)12-3-2-4-13(18)17(12)7-10/h2-4,9-11H,5-8,15H2,1H3/t9-,10-,11-/m1/s1. The van der Waals surface area contributed by atoms with Crippen LogP contribution in [-0.4, -0.2) is 34.5 Å². The Hall–Kier alpha value is -1.62. The predicted octanol–water partition coefficient (Wildman–Crippen LogP) is 0.141. The molecule has 3 heterocycles. The van der Waals surface area contributed by atoms with E-state index in [9.17, 15) is 9.59 Å². The molecular weight excluding hydrogens is 242 g/mol. The zero-order valence-electron chi connectivity index (χ0n) is 11.1. The van der Waals surface area contributed by atoms with E-state index in [0.29, 0.717) is 19.0 Å². The first-order valence-electron chi connectivity index (χ1n) is 6.80. The fourth-order valence-corrected chi connectivity index (χ4v) is 3.36. The molecule has 1 aromatic heterocycles. The molecule has 1 saturated heterocycles. The highest BCUT2D eigenvalue weighted by Gasteiger charge is 2.36. The molecule has 0 spiro atoms. The summed E-state index contributed by atoms with van der Waals surface area (Å²) in [4.78, 5) is 25.8. The normalized spacial score (nSPS) is 26.7. The number of likely N-dealkylation sites (tertiary alicyclic amines) is 1. The van der Waals surface area contributed by atoms with Crippen molar-refractivity contribution in [3.8, 4) is 0 Å². The zero-order chi connectivity index (χ0) is 13.6. The molecule has 0 radical (unpaired) electrons. The number of hydrogen-bond donors (Lipinski definition) is 1. The van der Waals surface area contributed by atoms with Gasteiger partial charge in [0.2, 0.25) is 5.91 Å². The molecule has 0 unspecified atom stereocenters. The van der Waals surface area contributed by atoms with Crippen molar-refractivity contribution in [3.05, 3.63) is 34.2 Å². The van der Waals surface area contributed by atoms with E-state index in [1.54, 1.807) is 19.1 Å². The molecule has 2 aliphatic rings. The summed E-state index contributed by atoms with van der Waals surface area (Å²) in [5, 5.41) is 0. The molecule has 1 aromatic rings. The van der Waals surface area contributed by atoms with Crippen LogP contribution in [0.4, 0.5) is 0 Å². The van der Waals surface area contributed by atoms with Gasteiger partial charge in [-0.15, -0.1) is 0 Å². The van der Waals surface area contributed by atoms with Crippen LogP contribution in [-0.2, 0) is 11.3 Å². The number of nitrogens with two attached hydrogens (primary N) is 1. The highest BCUT2D eigenvalue weighted by molar-refractivity contribution is 5.81. The molecule has 0 aliphatic carbocycles. The molecule has 2 bridgehead atoms. The van der Waals surface area contributed by atoms with Crippen molar-refractivity contribution in [1.82, 2.24) is 9.47 Å². The maximum Gasteiger partial charge on any atom is 0.250 e. The third kappa shape index (κ3) is 2.08. The smallest absolute Gasteiger partial charge is 0.250 e. The number of nitrogens with zero attached hydrogens (tertiary/aromatic N) is 2. The largest absolute Gasteiger partial charge is 0.340 e. The number of fused-ring (bicyclic) bond motifs is 4. The average molecular weight is 261 g/mol. The van der Waals surface area contributed by atoms with E-state index in [1.165, 1.54) is 0 Å².